The summed E-state index contributed by atoms with van der Waals surface area (Å²) in [6.07, 6.45) is 1.28. The Hall–Kier alpha value is -2.56. The Balaban J connectivity index is 1.78. The van der Waals surface area contributed by atoms with Gasteiger partial charge in [0.25, 0.3) is 0 Å². The van der Waals surface area contributed by atoms with E-state index in [9.17, 15) is 5.21 Å². The molecule has 1 aromatic heterocycles. The lowest BCUT2D eigenvalue weighted by Crippen LogP contribution is -2.31. The van der Waals surface area contributed by atoms with Crippen LogP contribution in [0.4, 0.5) is 0 Å². The summed E-state index contributed by atoms with van der Waals surface area (Å²) >= 11 is 5.97. The van der Waals surface area contributed by atoms with Crippen LogP contribution in [0, 0.1) is 12.1 Å². The largest absolute Gasteiger partial charge is 0.618 e. The molecule has 4 rings (SSSR count). The van der Waals surface area contributed by atoms with Crippen LogP contribution in [0.3, 0.4) is 0 Å². The maximum Gasteiger partial charge on any atom is 0.232 e. The number of pyridine rings is 1. The summed E-state index contributed by atoms with van der Waals surface area (Å²) in [6.45, 7) is 2.15. The van der Waals surface area contributed by atoms with E-state index in [0.717, 1.165) is 21.4 Å². The maximum atomic E-state index is 12.4. The summed E-state index contributed by atoms with van der Waals surface area (Å²) in [5, 5.41) is 13.0. The van der Waals surface area contributed by atoms with Crippen molar-refractivity contribution in [3.8, 4) is 11.5 Å². The maximum absolute atomic E-state index is 12.4. The average Bonchev–Trinajstić information content (AvgIpc) is 3.04. The molecule has 4 nitrogen and oxygen atoms in total. The average molecular weight is 354 g/mol. The highest BCUT2D eigenvalue weighted by Crippen LogP contribution is 2.41. The van der Waals surface area contributed by atoms with E-state index in [0.29, 0.717) is 28.8 Å². The van der Waals surface area contributed by atoms with Gasteiger partial charge < -0.3 is 14.7 Å². The summed E-state index contributed by atoms with van der Waals surface area (Å²) in [5.41, 5.74) is 3.21. The molecule has 0 fully saturated rings. The number of hydrogen-bond acceptors (Lipinski definition) is 3. The summed E-state index contributed by atoms with van der Waals surface area (Å²) in [5.74, 6) is 1.25. The first-order valence-corrected chi connectivity index (χ1v) is 8.37. The fraction of sp³-hybridized carbons (Fsp3) is 0.150. The Kier molecular flexibility index (Phi) is 4.07. The van der Waals surface area contributed by atoms with Crippen LogP contribution in [0.15, 0.2) is 60.8 Å². The van der Waals surface area contributed by atoms with Crippen molar-refractivity contribution in [3.63, 3.8) is 0 Å². The van der Waals surface area contributed by atoms with Gasteiger partial charge in [0, 0.05) is 17.5 Å². The third-order valence-corrected chi connectivity index (χ3v) is 4.60. The predicted octanol–water partition coefficient (Wildman–Crippen LogP) is 4.69. The topological polar surface area (TPSA) is 45.4 Å². The highest BCUT2D eigenvalue weighted by Gasteiger charge is 2.33. The monoisotopic (exact) mass is 353 g/mol. The summed E-state index contributed by atoms with van der Waals surface area (Å²) in [4.78, 5) is 0. The third kappa shape index (κ3) is 2.95. The van der Waals surface area contributed by atoms with Crippen LogP contribution in [0.1, 0.15) is 28.5 Å². The van der Waals surface area contributed by atoms with E-state index < -0.39 is 0 Å². The number of nitrogens with zero attached hydrogens (tertiary/aromatic N) is 1. The van der Waals surface area contributed by atoms with E-state index in [4.69, 9.17) is 21.1 Å². The zero-order chi connectivity index (χ0) is 17.4. The third-order valence-electron chi connectivity index (χ3n) is 4.35. The Morgan fingerprint density at radius 3 is 2.56 bits per heavy atom. The van der Waals surface area contributed by atoms with Gasteiger partial charge in [-0.3, -0.25) is 0 Å². The number of aromatic nitrogens is 1. The van der Waals surface area contributed by atoms with Gasteiger partial charge >= 0.3 is 0 Å². The molecule has 0 spiro atoms. The van der Waals surface area contributed by atoms with Crippen molar-refractivity contribution in [2.75, 3.05) is 0 Å². The van der Waals surface area contributed by atoms with Crippen LogP contribution in [0.25, 0.3) is 0 Å². The molecule has 2 aromatic carbocycles. The standard InChI is InChI=1S/C20H16ClNO3/c1-13-19(25-16-5-3-2-4-6-16)18-12-24-20(17(18)11-22(13)23)14-7-9-15(21)10-8-14/h2-11,20H,12H2,1H3. The number of fused-ring (bicyclic) bond motifs is 1. The normalized spacial score (nSPS) is 15.8. The first-order valence-electron chi connectivity index (χ1n) is 7.99. The van der Waals surface area contributed by atoms with Gasteiger partial charge in [-0.25, -0.2) is 0 Å². The van der Waals surface area contributed by atoms with Gasteiger partial charge in [-0.2, -0.15) is 4.73 Å². The molecule has 5 heteroatoms. The Morgan fingerprint density at radius 1 is 1.12 bits per heavy atom. The number of benzene rings is 2. The van der Waals surface area contributed by atoms with Crippen molar-refractivity contribution in [2.24, 2.45) is 0 Å². The second-order valence-electron chi connectivity index (χ2n) is 5.96. The highest BCUT2D eigenvalue weighted by atomic mass is 35.5. The van der Waals surface area contributed by atoms with Crippen molar-refractivity contribution in [2.45, 2.75) is 19.6 Å². The highest BCUT2D eigenvalue weighted by molar-refractivity contribution is 6.30. The predicted molar refractivity (Wildman–Crippen MR) is 94.7 cm³/mol. The fourth-order valence-corrected chi connectivity index (χ4v) is 3.16. The fourth-order valence-electron chi connectivity index (χ4n) is 3.04. The molecule has 3 aromatic rings. The zero-order valence-electron chi connectivity index (χ0n) is 13.6. The minimum Gasteiger partial charge on any atom is -0.618 e. The number of hydrogen-bond donors (Lipinski definition) is 0. The summed E-state index contributed by atoms with van der Waals surface area (Å²) in [6, 6.07) is 16.9. The zero-order valence-corrected chi connectivity index (χ0v) is 14.4. The van der Waals surface area contributed by atoms with Gasteiger partial charge in [0.2, 0.25) is 11.4 Å². The van der Waals surface area contributed by atoms with E-state index in [1.165, 1.54) is 0 Å². The van der Waals surface area contributed by atoms with E-state index in [2.05, 4.69) is 0 Å². The minimum atomic E-state index is -0.300. The quantitative estimate of drug-likeness (QED) is 0.506. The van der Waals surface area contributed by atoms with Crippen molar-refractivity contribution in [1.82, 2.24) is 0 Å². The molecule has 0 bridgehead atoms. The van der Waals surface area contributed by atoms with Gasteiger partial charge in [0.1, 0.15) is 11.9 Å². The summed E-state index contributed by atoms with van der Waals surface area (Å²) < 4.78 is 12.8. The van der Waals surface area contributed by atoms with Crippen LogP contribution in [-0.2, 0) is 11.3 Å². The van der Waals surface area contributed by atoms with E-state index in [1.54, 1.807) is 13.1 Å². The van der Waals surface area contributed by atoms with Crippen LogP contribution < -0.4 is 9.47 Å². The number of ether oxygens (including phenoxy) is 2. The van der Waals surface area contributed by atoms with Gasteiger partial charge in [0.15, 0.2) is 6.20 Å². The first-order chi connectivity index (χ1) is 12.1. The van der Waals surface area contributed by atoms with E-state index in [-0.39, 0.29) is 6.10 Å². The molecule has 0 radical (unpaired) electrons. The Morgan fingerprint density at radius 2 is 1.84 bits per heavy atom. The molecule has 0 saturated carbocycles. The van der Waals surface area contributed by atoms with Gasteiger partial charge in [-0.1, -0.05) is 41.9 Å². The van der Waals surface area contributed by atoms with Gasteiger partial charge in [-0.05, 0) is 29.8 Å². The van der Waals surface area contributed by atoms with Crippen LogP contribution in [0.2, 0.25) is 5.02 Å². The summed E-state index contributed by atoms with van der Waals surface area (Å²) in [7, 11) is 0. The molecule has 0 aliphatic carbocycles. The molecule has 0 N–H and O–H groups in total. The van der Waals surface area contributed by atoms with E-state index >= 15 is 0 Å². The molecule has 126 valence electrons. The van der Waals surface area contributed by atoms with E-state index in [1.807, 2.05) is 54.6 Å². The van der Waals surface area contributed by atoms with Crippen molar-refractivity contribution in [1.29, 1.82) is 0 Å². The molecular formula is C20H16ClNO3. The molecule has 1 aliphatic heterocycles. The van der Waals surface area contributed by atoms with Crippen LogP contribution in [-0.4, -0.2) is 0 Å². The molecule has 0 saturated heterocycles. The Bertz CT molecular complexity index is 910. The number of para-hydroxylation sites is 1. The lowest BCUT2D eigenvalue weighted by atomic mass is 10.00. The van der Waals surface area contributed by atoms with Crippen LogP contribution in [0.5, 0.6) is 11.5 Å². The van der Waals surface area contributed by atoms with Gasteiger partial charge in [-0.15, -0.1) is 0 Å². The van der Waals surface area contributed by atoms with Crippen molar-refractivity contribution < 1.29 is 14.2 Å². The Labute approximate surface area is 150 Å². The number of halogens is 1. The molecule has 1 unspecified atom stereocenters. The minimum absolute atomic E-state index is 0.300. The van der Waals surface area contributed by atoms with Gasteiger partial charge in [0.05, 0.1) is 12.2 Å². The molecule has 1 aliphatic rings. The SMILES string of the molecule is Cc1c(Oc2ccccc2)c2c(c[n+]1[O-])C(c1ccc(Cl)cc1)OC2. The van der Waals surface area contributed by atoms with Crippen molar-refractivity contribution >= 4 is 11.6 Å². The smallest absolute Gasteiger partial charge is 0.232 e. The lowest BCUT2D eigenvalue weighted by molar-refractivity contribution is -0.613. The number of rotatable bonds is 3. The molecular weight excluding hydrogens is 338 g/mol. The molecule has 0 amide bonds. The van der Waals surface area contributed by atoms with Crippen LogP contribution >= 0.6 is 11.6 Å². The molecule has 2 heterocycles. The molecule has 1 atom stereocenters. The lowest BCUT2D eigenvalue weighted by Gasteiger charge is -2.14. The van der Waals surface area contributed by atoms with Crippen molar-refractivity contribution in [3.05, 3.63) is 93.4 Å². The second-order valence-corrected chi connectivity index (χ2v) is 6.40. The first kappa shape index (κ1) is 15.9. The second kappa shape index (κ2) is 6.39. The molecule has 25 heavy (non-hydrogen) atoms.